The number of ether oxygens (including phenoxy) is 1. The molecule has 4 aromatic rings. The second-order valence-corrected chi connectivity index (χ2v) is 8.40. The summed E-state index contributed by atoms with van der Waals surface area (Å²) >= 11 is 0. The molecule has 0 unspecified atom stereocenters. The molecule has 0 bridgehead atoms. The van der Waals surface area contributed by atoms with Gasteiger partial charge in [-0.2, -0.15) is 0 Å². The lowest BCUT2D eigenvalue weighted by molar-refractivity contribution is -0.137. The van der Waals surface area contributed by atoms with E-state index in [0.717, 1.165) is 11.1 Å². The molecule has 5 nitrogen and oxygen atoms in total. The predicted molar refractivity (Wildman–Crippen MR) is 137 cm³/mol. The maximum atomic E-state index is 13.0. The highest BCUT2D eigenvalue weighted by molar-refractivity contribution is 6.12. The molecule has 0 fully saturated rings. The maximum absolute atomic E-state index is 13.0. The number of carbonyl (C=O) groups is 2. The molecule has 176 valence electrons. The second-order valence-electron chi connectivity index (χ2n) is 8.40. The summed E-state index contributed by atoms with van der Waals surface area (Å²) < 4.78 is 5.86. The van der Waals surface area contributed by atoms with Gasteiger partial charge >= 0.3 is 5.97 Å². The van der Waals surface area contributed by atoms with Crippen molar-refractivity contribution in [1.29, 1.82) is 0 Å². The van der Waals surface area contributed by atoms with Gasteiger partial charge in [0.1, 0.15) is 18.4 Å². The van der Waals surface area contributed by atoms with Crippen LogP contribution in [0.15, 0.2) is 103 Å². The first kappa shape index (κ1) is 23.8. The molecule has 5 heteroatoms. The van der Waals surface area contributed by atoms with Gasteiger partial charge in [0, 0.05) is 23.2 Å². The fraction of sp³-hybridized carbons (Fsp3) is 0.133. The van der Waals surface area contributed by atoms with Crippen molar-refractivity contribution in [3.63, 3.8) is 0 Å². The van der Waals surface area contributed by atoms with Gasteiger partial charge in [0.25, 0.3) is 0 Å². The molecule has 0 heterocycles. The molecule has 1 atom stereocenters. The molecule has 4 rings (SSSR count). The fourth-order valence-corrected chi connectivity index (χ4v) is 3.87. The van der Waals surface area contributed by atoms with Gasteiger partial charge in [-0.15, -0.1) is 0 Å². The number of benzene rings is 4. The zero-order chi connectivity index (χ0) is 24.6. The lowest BCUT2D eigenvalue weighted by Gasteiger charge is -2.18. The molecule has 0 aliphatic heterocycles. The number of para-hydroxylation sites is 1. The van der Waals surface area contributed by atoms with Crippen LogP contribution >= 0.6 is 0 Å². The Labute approximate surface area is 205 Å². The Morgan fingerprint density at radius 2 is 1.54 bits per heavy atom. The number of nitrogens with one attached hydrogen (secondary N) is 1. The van der Waals surface area contributed by atoms with Crippen molar-refractivity contribution in [3.8, 4) is 5.75 Å². The number of ketones is 1. The lowest BCUT2D eigenvalue weighted by Crippen LogP contribution is -2.32. The molecule has 0 spiro atoms. The number of carboxylic acids is 1. The van der Waals surface area contributed by atoms with Crippen LogP contribution in [0.2, 0.25) is 0 Å². The van der Waals surface area contributed by atoms with Crippen LogP contribution in [0.1, 0.15) is 32.6 Å². The maximum Gasteiger partial charge on any atom is 0.326 e. The van der Waals surface area contributed by atoms with Gasteiger partial charge in [-0.3, -0.25) is 4.79 Å². The normalized spacial score (nSPS) is 11.5. The predicted octanol–water partition coefficient (Wildman–Crippen LogP) is 5.91. The van der Waals surface area contributed by atoms with Gasteiger partial charge in [0.15, 0.2) is 5.78 Å². The van der Waals surface area contributed by atoms with E-state index in [-0.39, 0.29) is 12.2 Å². The summed E-state index contributed by atoms with van der Waals surface area (Å²) in [6.45, 7) is 2.51. The molecule has 2 N–H and O–H groups in total. The van der Waals surface area contributed by atoms with Gasteiger partial charge < -0.3 is 15.2 Å². The molecule has 0 saturated heterocycles. The van der Waals surface area contributed by atoms with E-state index in [1.807, 2.05) is 55.5 Å². The van der Waals surface area contributed by atoms with Crippen molar-refractivity contribution < 1.29 is 19.4 Å². The number of anilines is 1. The fourth-order valence-electron chi connectivity index (χ4n) is 3.87. The molecule has 4 aromatic carbocycles. The topological polar surface area (TPSA) is 75.6 Å². The van der Waals surface area contributed by atoms with E-state index in [9.17, 15) is 14.7 Å². The zero-order valence-corrected chi connectivity index (χ0v) is 19.5. The third-order valence-electron chi connectivity index (χ3n) is 5.69. The highest BCUT2D eigenvalue weighted by atomic mass is 16.5. The van der Waals surface area contributed by atoms with Crippen molar-refractivity contribution >= 4 is 17.4 Å². The summed E-state index contributed by atoms with van der Waals surface area (Å²) in [5.74, 6) is -0.436. The Bertz CT molecular complexity index is 1300. The van der Waals surface area contributed by atoms with Crippen LogP contribution in [0, 0.1) is 6.92 Å². The summed E-state index contributed by atoms with van der Waals surface area (Å²) in [6.07, 6.45) is 0.251. The van der Waals surface area contributed by atoms with Crippen LogP contribution in [0.25, 0.3) is 0 Å². The molecule has 0 aliphatic carbocycles. The molecule has 0 saturated carbocycles. The van der Waals surface area contributed by atoms with Gasteiger partial charge in [-0.25, -0.2) is 4.79 Å². The first-order chi connectivity index (χ1) is 17.0. The second kappa shape index (κ2) is 11.2. The van der Waals surface area contributed by atoms with E-state index in [1.54, 1.807) is 48.5 Å². The first-order valence-electron chi connectivity index (χ1n) is 11.4. The van der Waals surface area contributed by atoms with E-state index in [2.05, 4.69) is 11.4 Å². The van der Waals surface area contributed by atoms with E-state index in [1.165, 1.54) is 5.56 Å². The standard InChI is InChI=1S/C30H27NO4/c1-21-8-7-9-23(18-21)20-35-25-16-14-22(15-17-25)19-28(30(33)34)31-27-13-6-5-12-26(27)29(32)24-10-3-2-4-11-24/h2-18,28,31H,19-20H2,1H3,(H,33,34)/t28-/m0/s1. The molecule has 0 amide bonds. The molecule has 0 aliphatic rings. The van der Waals surface area contributed by atoms with E-state index >= 15 is 0 Å². The SMILES string of the molecule is Cc1cccc(COc2ccc(C[C@H](Nc3ccccc3C(=O)c3ccccc3)C(=O)O)cc2)c1. The van der Waals surface area contributed by atoms with E-state index in [4.69, 9.17) is 4.74 Å². The molecule has 0 radical (unpaired) electrons. The Morgan fingerprint density at radius 3 is 2.26 bits per heavy atom. The quantitative estimate of drug-likeness (QED) is 0.285. The number of hydrogen-bond acceptors (Lipinski definition) is 4. The van der Waals surface area contributed by atoms with Crippen molar-refractivity contribution in [2.75, 3.05) is 5.32 Å². The smallest absolute Gasteiger partial charge is 0.326 e. The monoisotopic (exact) mass is 465 g/mol. The summed E-state index contributed by atoms with van der Waals surface area (Å²) in [5, 5.41) is 12.9. The van der Waals surface area contributed by atoms with Crippen LogP contribution in [0.5, 0.6) is 5.75 Å². The number of aliphatic carboxylic acids is 1. The Hall–Kier alpha value is -4.38. The van der Waals surface area contributed by atoms with Gasteiger partial charge in [-0.05, 0) is 42.3 Å². The number of carbonyl (C=O) groups excluding carboxylic acids is 1. The summed E-state index contributed by atoms with van der Waals surface area (Å²) in [7, 11) is 0. The van der Waals surface area contributed by atoms with Crippen LogP contribution in [-0.2, 0) is 17.8 Å². The minimum absolute atomic E-state index is 0.159. The van der Waals surface area contributed by atoms with E-state index in [0.29, 0.717) is 29.2 Å². The zero-order valence-electron chi connectivity index (χ0n) is 19.5. The highest BCUT2D eigenvalue weighted by Gasteiger charge is 2.21. The molecule has 35 heavy (non-hydrogen) atoms. The first-order valence-corrected chi connectivity index (χ1v) is 11.4. The largest absolute Gasteiger partial charge is 0.489 e. The van der Waals surface area contributed by atoms with Crippen molar-refractivity contribution in [1.82, 2.24) is 0 Å². The van der Waals surface area contributed by atoms with Gasteiger partial charge in [0.2, 0.25) is 0 Å². The molecule has 0 aromatic heterocycles. The van der Waals surface area contributed by atoms with E-state index < -0.39 is 12.0 Å². The van der Waals surface area contributed by atoms with Crippen molar-refractivity contribution in [2.24, 2.45) is 0 Å². The number of aryl methyl sites for hydroxylation is 1. The van der Waals surface area contributed by atoms with Crippen LogP contribution in [-0.4, -0.2) is 22.9 Å². The van der Waals surface area contributed by atoms with Gasteiger partial charge in [-0.1, -0.05) is 84.4 Å². The minimum atomic E-state index is -0.994. The molecular formula is C30H27NO4. The molecular weight excluding hydrogens is 438 g/mol. The van der Waals surface area contributed by atoms with Crippen LogP contribution in [0.4, 0.5) is 5.69 Å². The van der Waals surface area contributed by atoms with Crippen molar-refractivity contribution in [2.45, 2.75) is 26.0 Å². The Morgan fingerprint density at radius 1 is 0.829 bits per heavy atom. The summed E-state index contributed by atoms with van der Waals surface area (Å²) in [4.78, 5) is 25.0. The van der Waals surface area contributed by atoms with Gasteiger partial charge in [0.05, 0.1) is 0 Å². The average molecular weight is 466 g/mol. The third-order valence-corrected chi connectivity index (χ3v) is 5.69. The van der Waals surface area contributed by atoms with Crippen LogP contribution in [0.3, 0.4) is 0 Å². The number of rotatable bonds is 10. The number of hydrogen-bond donors (Lipinski definition) is 2. The minimum Gasteiger partial charge on any atom is -0.489 e. The third kappa shape index (κ3) is 6.36. The Balaban J connectivity index is 1.44. The Kier molecular flexibility index (Phi) is 7.58. The summed E-state index contributed by atoms with van der Waals surface area (Å²) in [5.41, 5.74) is 4.60. The highest BCUT2D eigenvalue weighted by Crippen LogP contribution is 2.22. The average Bonchev–Trinajstić information content (AvgIpc) is 2.88. The van der Waals surface area contributed by atoms with Crippen LogP contribution < -0.4 is 10.1 Å². The summed E-state index contributed by atoms with van der Waals surface area (Å²) in [6, 6.07) is 30.6. The lowest BCUT2D eigenvalue weighted by atomic mass is 10.00. The number of carboxylic acid groups (broad SMARTS) is 1. The van der Waals surface area contributed by atoms with Crippen molar-refractivity contribution in [3.05, 3.63) is 131 Å².